The van der Waals surface area contributed by atoms with Crippen molar-refractivity contribution >= 4 is 13.2 Å². The van der Waals surface area contributed by atoms with E-state index in [9.17, 15) is 4.19 Å². The summed E-state index contributed by atoms with van der Waals surface area (Å²) in [6.45, 7) is 6.27. The van der Waals surface area contributed by atoms with Crippen LogP contribution in [0.2, 0.25) is 16.0 Å². The van der Waals surface area contributed by atoms with Crippen LogP contribution in [0.1, 0.15) is 20.8 Å². The van der Waals surface area contributed by atoms with Crippen molar-refractivity contribution in [3.05, 3.63) is 0 Å². The van der Waals surface area contributed by atoms with E-state index < -0.39 is 13.2 Å². The Kier molecular flexibility index (Phi) is 3.70. The second-order valence-corrected chi connectivity index (χ2v) is 9.69. The summed E-state index contributed by atoms with van der Waals surface area (Å²) in [5.74, 6) is 0. The first kappa shape index (κ1) is 8.48. The van der Waals surface area contributed by atoms with Crippen LogP contribution < -0.4 is 0 Å². The Bertz CT molecular complexity index is 51.3. The van der Waals surface area contributed by atoms with Crippen molar-refractivity contribution in [3.8, 4) is 0 Å². The molecule has 0 spiro atoms. The average molecular weight is 183 g/mol. The summed E-state index contributed by atoms with van der Waals surface area (Å²) in [5, 5.41) is 3.09. The van der Waals surface area contributed by atoms with Gasteiger partial charge in [-0.1, -0.05) is 0 Å². The third-order valence-corrected chi connectivity index (χ3v) is 8.38. The average Bonchev–Trinajstić information content (AvgIpc) is 1.87. The standard InChI is InChI=1S/C6H16OSe/c1-4-8(7,5-2)6-3/h7H,4-6H2,1-3H3. The second kappa shape index (κ2) is 3.49. The molecule has 0 aromatic carbocycles. The van der Waals surface area contributed by atoms with Gasteiger partial charge in [0, 0.05) is 0 Å². The Hall–Kier alpha value is 0.479. The van der Waals surface area contributed by atoms with Crippen LogP contribution in [0, 0.1) is 0 Å². The molecule has 0 rings (SSSR count). The molecule has 0 bridgehead atoms. The van der Waals surface area contributed by atoms with Crippen LogP contribution >= 0.6 is 0 Å². The molecule has 0 heterocycles. The molecule has 0 aliphatic heterocycles. The van der Waals surface area contributed by atoms with Crippen LogP contribution in [0.15, 0.2) is 0 Å². The van der Waals surface area contributed by atoms with Gasteiger partial charge >= 0.3 is 54.1 Å². The summed E-state index contributed by atoms with van der Waals surface area (Å²) in [6.07, 6.45) is 0. The van der Waals surface area contributed by atoms with Gasteiger partial charge < -0.3 is 0 Å². The molecule has 0 unspecified atom stereocenters. The molecular weight excluding hydrogens is 167 g/mol. The molecule has 0 amide bonds. The van der Waals surface area contributed by atoms with Crippen LogP contribution in [-0.4, -0.2) is 17.4 Å². The first-order valence-corrected chi connectivity index (χ1v) is 7.57. The normalized spacial score (nSPS) is 14.0. The molecule has 0 fully saturated rings. The molecule has 0 saturated carbocycles. The van der Waals surface area contributed by atoms with Gasteiger partial charge in [-0.2, -0.15) is 0 Å². The Labute approximate surface area is 54.7 Å². The van der Waals surface area contributed by atoms with E-state index in [0.29, 0.717) is 0 Å². The topological polar surface area (TPSA) is 20.2 Å². The summed E-state index contributed by atoms with van der Waals surface area (Å²) in [4.78, 5) is 0. The maximum absolute atomic E-state index is 9.59. The molecule has 0 saturated heterocycles. The van der Waals surface area contributed by atoms with Crippen LogP contribution in [-0.2, 0) is 0 Å². The zero-order valence-corrected chi connectivity index (χ0v) is 7.69. The van der Waals surface area contributed by atoms with Crippen molar-refractivity contribution in [2.45, 2.75) is 36.7 Å². The van der Waals surface area contributed by atoms with Gasteiger partial charge in [0.25, 0.3) is 0 Å². The first-order valence-electron chi connectivity index (χ1n) is 3.17. The van der Waals surface area contributed by atoms with Crippen molar-refractivity contribution in [2.24, 2.45) is 0 Å². The van der Waals surface area contributed by atoms with Crippen molar-refractivity contribution in [1.82, 2.24) is 0 Å². The fraction of sp³-hybridized carbons (Fsp3) is 1.00. The maximum atomic E-state index is 9.59. The molecule has 0 radical (unpaired) electrons. The zero-order valence-electron chi connectivity index (χ0n) is 5.98. The van der Waals surface area contributed by atoms with Crippen molar-refractivity contribution in [3.63, 3.8) is 0 Å². The first-order chi connectivity index (χ1) is 3.68. The van der Waals surface area contributed by atoms with Gasteiger partial charge in [-0.3, -0.25) is 0 Å². The van der Waals surface area contributed by atoms with Gasteiger partial charge in [0.15, 0.2) is 0 Å². The van der Waals surface area contributed by atoms with Gasteiger partial charge in [0.1, 0.15) is 0 Å². The van der Waals surface area contributed by atoms with E-state index in [2.05, 4.69) is 20.8 Å². The molecule has 0 aliphatic carbocycles. The quantitative estimate of drug-likeness (QED) is 0.663. The Morgan fingerprint density at radius 2 is 1.25 bits per heavy atom. The summed E-state index contributed by atoms with van der Waals surface area (Å²) in [5.41, 5.74) is 0. The zero-order chi connectivity index (χ0) is 6.62. The molecule has 0 atom stereocenters. The minimum absolute atomic E-state index is 1.03. The van der Waals surface area contributed by atoms with E-state index in [1.165, 1.54) is 0 Å². The molecule has 0 aromatic rings. The van der Waals surface area contributed by atoms with Gasteiger partial charge in [0.05, 0.1) is 0 Å². The predicted octanol–water partition coefficient (Wildman–Crippen LogP) is 1.98. The van der Waals surface area contributed by atoms with E-state index >= 15 is 0 Å². The monoisotopic (exact) mass is 184 g/mol. The molecule has 2 heteroatoms. The van der Waals surface area contributed by atoms with Gasteiger partial charge in [-0.25, -0.2) is 0 Å². The second-order valence-electron chi connectivity index (χ2n) is 1.87. The SMILES string of the molecule is CC[Se](O)(CC)CC. The summed E-state index contributed by atoms with van der Waals surface area (Å²) in [6, 6.07) is 0. The van der Waals surface area contributed by atoms with Crippen LogP contribution in [0.25, 0.3) is 0 Å². The number of hydrogen-bond acceptors (Lipinski definition) is 1. The molecule has 52 valence electrons. The molecule has 0 aliphatic rings. The van der Waals surface area contributed by atoms with E-state index in [4.69, 9.17) is 0 Å². The van der Waals surface area contributed by atoms with Crippen molar-refractivity contribution in [2.75, 3.05) is 0 Å². The van der Waals surface area contributed by atoms with Gasteiger partial charge in [-0.05, 0) is 0 Å². The van der Waals surface area contributed by atoms with Crippen LogP contribution in [0.5, 0.6) is 0 Å². The fourth-order valence-electron chi connectivity index (χ4n) is 0.612. The van der Waals surface area contributed by atoms with Crippen molar-refractivity contribution in [1.29, 1.82) is 0 Å². The summed E-state index contributed by atoms with van der Waals surface area (Å²) >= 11 is -1.83. The number of hydrogen-bond donors (Lipinski definition) is 1. The Morgan fingerprint density at radius 3 is 1.25 bits per heavy atom. The van der Waals surface area contributed by atoms with Crippen LogP contribution in [0.3, 0.4) is 0 Å². The third kappa shape index (κ3) is 2.16. The van der Waals surface area contributed by atoms with Crippen molar-refractivity contribution < 1.29 is 4.19 Å². The Morgan fingerprint density at radius 1 is 1.00 bits per heavy atom. The molecule has 1 nitrogen and oxygen atoms in total. The minimum atomic E-state index is -1.83. The van der Waals surface area contributed by atoms with Gasteiger partial charge in [-0.15, -0.1) is 0 Å². The predicted molar refractivity (Wildman–Crippen MR) is 39.4 cm³/mol. The molecular formula is C6H16OSe. The molecule has 8 heavy (non-hydrogen) atoms. The van der Waals surface area contributed by atoms with E-state index in [1.54, 1.807) is 0 Å². The van der Waals surface area contributed by atoms with E-state index in [1.807, 2.05) is 0 Å². The summed E-state index contributed by atoms with van der Waals surface area (Å²) < 4.78 is 9.59. The third-order valence-electron chi connectivity index (χ3n) is 1.61. The molecule has 1 N–H and O–H groups in total. The van der Waals surface area contributed by atoms with Gasteiger partial charge in [0.2, 0.25) is 0 Å². The Balaban J connectivity index is 3.58. The van der Waals surface area contributed by atoms with Crippen LogP contribution in [0.4, 0.5) is 0 Å². The number of rotatable bonds is 3. The van der Waals surface area contributed by atoms with E-state index in [0.717, 1.165) is 16.0 Å². The fourth-order valence-corrected chi connectivity index (χ4v) is 3.18. The van der Waals surface area contributed by atoms with E-state index in [-0.39, 0.29) is 0 Å². The molecule has 0 aromatic heterocycles. The summed E-state index contributed by atoms with van der Waals surface area (Å²) in [7, 11) is 0.